The number of hydrogen-bond acceptors (Lipinski definition) is 4. The Morgan fingerprint density at radius 1 is 1.05 bits per heavy atom. The van der Waals surface area contributed by atoms with E-state index in [1.165, 1.54) is 0 Å². The molecular formula is C15H13N3O3. The quantitative estimate of drug-likeness (QED) is 0.377. The van der Waals surface area contributed by atoms with Crippen LogP contribution in [0, 0.1) is 0 Å². The van der Waals surface area contributed by atoms with Crippen LogP contribution in [-0.4, -0.2) is 29.2 Å². The molecule has 106 valence electrons. The van der Waals surface area contributed by atoms with Gasteiger partial charge in [-0.1, -0.05) is 24.3 Å². The van der Waals surface area contributed by atoms with Crippen molar-refractivity contribution in [1.82, 2.24) is 10.3 Å². The first-order valence-corrected chi connectivity index (χ1v) is 6.51. The summed E-state index contributed by atoms with van der Waals surface area (Å²) < 4.78 is 0. The minimum Gasteiger partial charge on any atom is -0.294 e. The number of hydrazine groups is 1. The summed E-state index contributed by atoms with van der Waals surface area (Å²) in [7, 11) is 0. The van der Waals surface area contributed by atoms with E-state index in [1.54, 1.807) is 24.3 Å². The molecule has 1 heterocycles. The molecule has 1 aliphatic heterocycles. The van der Waals surface area contributed by atoms with Gasteiger partial charge < -0.3 is 0 Å². The van der Waals surface area contributed by atoms with Crippen LogP contribution in [0.2, 0.25) is 0 Å². The Kier molecular flexibility index (Phi) is 3.15. The van der Waals surface area contributed by atoms with Crippen LogP contribution >= 0.6 is 0 Å². The summed E-state index contributed by atoms with van der Waals surface area (Å²) in [6, 6.07) is 10.7. The highest BCUT2D eigenvalue weighted by Crippen LogP contribution is 2.29. The fourth-order valence-electron chi connectivity index (χ4n) is 2.57. The Morgan fingerprint density at radius 3 is 2.14 bits per heavy atom. The molecule has 0 spiro atoms. The van der Waals surface area contributed by atoms with Crippen molar-refractivity contribution in [1.29, 1.82) is 0 Å². The minimum absolute atomic E-state index is 0.00538. The Morgan fingerprint density at radius 2 is 1.62 bits per heavy atom. The van der Waals surface area contributed by atoms with Crippen LogP contribution in [0.15, 0.2) is 36.4 Å². The molecule has 2 aromatic carbocycles. The Bertz CT molecular complexity index is 719. The fourth-order valence-corrected chi connectivity index (χ4v) is 2.57. The standard InChI is InChI=1S/C15H13N3O3/c16-17-12(19)7-8-18-14(20)10-5-1-3-9-4-2-6-11(13(9)10)15(18)21/h1-6H,7-8,16H2,(H,17,19). The minimum atomic E-state index is -0.423. The van der Waals surface area contributed by atoms with E-state index in [0.29, 0.717) is 16.5 Å². The molecule has 0 radical (unpaired) electrons. The maximum absolute atomic E-state index is 12.5. The number of hydrogen-bond donors (Lipinski definition) is 2. The Balaban J connectivity index is 2.05. The first-order chi connectivity index (χ1) is 10.1. The number of carbonyl (C=O) groups is 3. The lowest BCUT2D eigenvalue weighted by atomic mass is 9.94. The molecule has 3 rings (SSSR count). The van der Waals surface area contributed by atoms with Gasteiger partial charge in [0, 0.05) is 29.5 Å². The van der Waals surface area contributed by atoms with Crippen LogP contribution in [0.1, 0.15) is 27.1 Å². The molecule has 0 fully saturated rings. The molecule has 0 saturated heterocycles. The largest absolute Gasteiger partial charge is 0.294 e. The number of carbonyl (C=O) groups excluding carboxylic acids is 3. The molecule has 3 amide bonds. The molecule has 0 aliphatic carbocycles. The lowest BCUT2D eigenvalue weighted by Gasteiger charge is -2.26. The third-order valence-corrected chi connectivity index (χ3v) is 3.58. The van der Waals surface area contributed by atoms with Crippen LogP contribution < -0.4 is 11.3 Å². The fraction of sp³-hybridized carbons (Fsp3) is 0.133. The highest BCUT2D eigenvalue weighted by Gasteiger charge is 2.32. The number of nitrogens with one attached hydrogen (secondary N) is 1. The molecule has 1 aliphatic rings. The summed E-state index contributed by atoms with van der Waals surface area (Å²) >= 11 is 0. The van der Waals surface area contributed by atoms with Crippen molar-refractivity contribution in [3.63, 3.8) is 0 Å². The lowest BCUT2D eigenvalue weighted by Crippen LogP contribution is -2.43. The summed E-state index contributed by atoms with van der Waals surface area (Å²) in [5, 5.41) is 1.53. The van der Waals surface area contributed by atoms with Crippen LogP contribution in [0.4, 0.5) is 0 Å². The summed E-state index contributed by atoms with van der Waals surface area (Å²) in [6.07, 6.45) is -0.0217. The van der Waals surface area contributed by atoms with E-state index in [0.717, 1.165) is 10.3 Å². The van der Waals surface area contributed by atoms with E-state index in [9.17, 15) is 14.4 Å². The number of benzene rings is 2. The second-order valence-electron chi connectivity index (χ2n) is 4.79. The molecule has 6 nitrogen and oxygen atoms in total. The average molecular weight is 283 g/mol. The molecule has 0 aromatic heterocycles. The monoisotopic (exact) mass is 283 g/mol. The van der Waals surface area contributed by atoms with Crippen molar-refractivity contribution < 1.29 is 14.4 Å². The first-order valence-electron chi connectivity index (χ1n) is 6.51. The number of nitrogens with zero attached hydrogens (tertiary/aromatic N) is 1. The zero-order valence-electron chi connectivity index (χ0n) is 11.1. The number of rotatable bonds is 3. The summed E-state index contributed by atoms with van der Waals surface area (Å²) in [6.45, 7) is 0.00538. The second kappa shape index (κ2) is 4.99. The summed E-state index contributed by atoms with van der Waals surface area (Å²) in [4.78, 5) is 37.2. The Labute approximate surface area is 120 Å². The zero-order chi connectivity index (χ0) is 15.0. The maximum Gasteiger partial charge on any atom is 0.261 e. The van der Waals surface area contributed by atoms with Crippen molar-refractivity contribution in [3.8, 4) is 0 Å². The normalized spacial score (nSPS) is 13.7. The van der Waals surface area contributed by atoms with Crippen molar-refractivity contribution in [2.24, 2.45) is 5.84 Å². The average Bonchev–Trinajstić information content (AvgIpc) is 2.52. The van der Waals surface area contributed by atoms with Gasteiger partial charge in [0.05, 0.1) is 0 Å². The molecule has 0 bridgehead atoms. The molecule has 21 heavy (non-hydrogen) atoms. The lowest BCUT2D eigenvalue weighted by molar-refractivity contribution is -0.121. The van der Waals surface area contributed by atoms with Gasteiger partial charge in [-0.25, -0.2) is 5.84 Å². The SMILES string of the molecule is NNC(=O)CCN1C(=O)c2cccc3cccc(c23)C1=O. The van der Waals surface area contributed by atoms with Crippen LogP contribution in [0.3, 0.4) is 0 Å². The van der Waals surface area contributed by atoms with Gasteiger partial charge in [0.25, 0.3) is 11.8 Å². The number of nitrogens with two attached hydrogens (primary N) is 1. The summed E-state index contributed by atoms with van der Waals surface area (Å²) in [5.41, 5.74) is 2.95. The molecule has 0 unspecified atom stereocenters. The molecule has 2 aromatic rings. The second-order valence-corrected chi connectivity index (χ2v) is 4.79. The number of amides is 3. The number of imide groups is 1. The van der Waals surface area contributed by atoms with Gasteiger partial charge in [-0.2, -0.15) is 0 Å². The highest BCUT2D eigenvalue weighted by molar-refractivity contribution is 6.25. The van der Waals surface area contributed by atoms with E-state index in [1.807, 2.05) is 17.6 Å². The molecule has 3 N–H and O–H groups in total. The van der Waals surface area contributed by atoms with E-state index in [4.69, 9.17) is 5.84 Å². The predicted molar refractivity (Wildman–Crippen MR) is 76.3 cm³/mol. The zero-order valence-corrected chi connectivity index (χ0v) is 11.1. The van der Waals surface area contributed by atoms with Crippen LogP contribution in [-0.2, 0) is 4.79 Å². The molecule has 0 saturated carbocycles. The van der Waals surface area contributed by atoms with Gasteiger partial charge in [0.1, 0.15) is 0 Å². The van der Waals surface area contributed by atoms with E-state index in [-0.39, 0.29) is 24.8 Å². The molecular weight excluding hydrogens is 270 g/mol. The van der Waals surface area contributed by atoms with Gasteiger partial charge in [0.2, 0.25) is 5.91 Å². The topological polar surface area (TPSA) is 92.5 Å². The van der Waals surface area contributed by atoms with Gasteiger partial charge in [0.15, 0.2) is 0 Å². The van der Waals surface area contributed by atoms with Crippen molar-refractivity contribution in [3.05, 3.63) is 47.5 Å². The van der Waals surface area contributed by atoms with E-state index >= 15 is 0 Å². The van der Waals surface area contributed by atoms with E-state index < -0.39 is 5.91 Å². The maximum atomic E-state index is 12.5. The van der Waals surface area contributed by atoms with Gasteiger partial charge in [-0.15, -0.1) is 0 Å². The van der Waals surface area contributed by atoms with Crippen molar-refractivity contribution in [2.45, 2.75) is 6.42 Å². The molecule has 6 heteroatoms. The smallest absolute Gasteiger partial charge is 0.261 e. The third-order valence-electron chi connectivity index (χ3n) is 3.58. The Hall–Kier alpha value is -2.73. The summed E-state index contributed by atoms with van der Waals surface area (Å²) in [5.74, 6) is 3.82. The van der Waals surface area contributed by atoms with Crippen molar-refractivity contribution >= 4 is 28.5 Å². The van der Waals surface area contributed by atoms with Crippen LogP contribution in [0.25, 0.3) is 10.8 Å². The van der Waals surface area contributed by atoms with Gasteiger partial charge in [-0.05, 0) is 17.5 Å². The third kappa shape index (κ3) is 2.05. The molecule has 0 atom stereocenters. The van der Waals surface area contributed by atoms with Crippen molar-refractivity contribution in [2.75, 3.05) is 6.54 Å². The van der Waals surface area contributed by atoms with Gasteiger partial charge in [-0.3, -0.25) is 24.7 Å². The highest BCUT2D eigenvalue weighted by atomic mass is 16.2. The first kappa shape index (κ1) is 13.3. The van der Waals surface area contributed by atoms with E-state index in [2.05, 4.69) is 0 Å². The predicted octanol–water partition coefficient (Wildman–Crippen LogP) is 0.816. The van der Waals surface area contributed by atoms with Crippen LogP contribution in [0.5, 0.6) is 0 Å². The van der Waals surface area contributed by atoms with Gasteiger partial charge >= 0.3 is 0 Å².